The summed E-state index contributed by atoms with van der Waals surface area (Å²) in [4.78, 5) is 4.26. The maximum atomic E-state index is 14.2. The third-order valence-corrected chi connectivity index (χ3v) is 3.07. The lowest BCUT2D eigenvalue weighted by molar-refractivity contribution is 0.551. The molecule has 4 nitrogen and oxygen atoms in total. The highest BCUT2D eigenvalue weighted by atomic mass is 19.1. The number of aryl methyl sites for hydroxylation is 2. The number of halogens is 2. The Balaban J connectivity index is 2.54. The fraction of sp³-hybridized carbons (Fsp3) is 0.429. The van der Waals surface area contributed by atoms with Gasteiger partial charge >= 0.3 is 0 Å². The second-order valence-corrected chi connectivity index (χ2v) is 4.51. The van der Waals surface area contributed by atoms with Crippen LogP contribution < -0.4 is 5.73 Å². The molecule has 6 heteroatoms. The van der Waals surface area contributed by atoms with E-state index in [9.17, 15) is 8.78 Å². The van der Waals surface area contributed by atoms with Crippen LogP contribution in [0.15, 0.2) is 12.1 Å². The number of nitrogens with zero attached hydrogens (tertiary/aromatic N) is 3. The summed E-state index contributed by atoms with van der Waals surface area (Å²) in [6, 6.07) is 2.61. The number of hydrogen-bond donors (Lipinski definition) is 1. The Morgan fingerprint density at radius 2 is 1.80 bits per heavy atom. The van der Waals surface area contributed by atoms with E-state index in [4.69, 9.17) is 5.73 Å². The molecule has 2 rings (SSSR count). The molecule has 0 amide bonds. The van der Waals surface area contributed by atoms with E-state index in [1.807, 2.05) is 13.8 Å². The van der Waals surface area contributed by atoms with Gasteiger partial charge in [0.25, 0.3) is 0 Å². The smallest absolute Gasteiger partial charge is 0.152 e. The molecule has 0 aliphatic rings. The molecule has 0 radical (unpaired) electrons. The number of nitrogens with two attached hydrogens (primary N) is 1. The standard InChI is InChI=1S/C14H18F2N4/c1-3-12-18-13(4-2)20(19-12)14-10(15)7-9(5-6-17)8-11(14)16/h7-8H,3-6,17H2,1-2H3. The predicted octanol–water partition coefficient (Wildman–Crippen LogP) is 2.17. The fourth-order valence-corrected chi connectivity index (χ4v) is 2.08. The van der Waals surface area contributed by atoms with Gasteiger partial charge in [0.2, 0.25) is 0 Å². The van der Waals surface area contributed by atoms with Crippen molar-refractivity contribution in [2.75, 3.05) is 6.54 Å². The van der Waals surface area contributed by atoms with Crippen LogP contribution in [-0.4, -0.2) is 21.3 Å². The van der Waals surface area contributed by atoms with E-state index < -0.39 is 11.6 Å². The SMILES string of the molecule is CCc1nc(CC)n(-c2c(F)cc(CCN)cc2F)n1. The van der Waals surface area contributed by atoms with Gasteiger partial charge in [0.05, 0.1) is 0 Å². The van der Waals surface area contributed by atoms with Crippen LogP contribution in [0.4, 0.5) is 8.78 Å². The van der Waals surface area contributed by atoms with Crippen molar-refractivity contribution in [2.24, 2.45) is 5.73 Å². The first kappa shape index (κ1) is 14.6. The highest BCUT2D eigenvalue weighted by Gasteiger charge is 2.18. The Bertz CT molecular complexity index is 584. The molecule has 20 heavy (non-hydrogen) atoms. The molecule has 108 valence electrons. The zero-order valence-corrected chi connectivity index (χ0v) is 11.7. The number of benzene rings is 1. The van der Waals surface area contributed by atoms with Crippen LogP contribution in [0.25, 0.3) is 5.69 Å². The van der Waals surface area contributed by atoms with Gasteiger partial charge < -0.3 is 5.73 Å². The van der Waals surface area contributed by atoms with Gasteiger partial charge in [0.1, 0.15) is 11.5 Å². The molecule has 2 N–H and O–H groups in total. The van der Waals surface area contributed by atoms with E-state index in [0.29, 0.717) is 43.0 Å². The second kappa shape index (κ2) is 6.09. The Kier molecular flexibility index (Phi) is 4.44. The number of aromatic nitrogens is 3. The first-order chi connectivity index (χ1) is 9.60. The van der Waals surface area contributed by atoms with Crippen molar-refractivity contribution in [3.05, 3.63) is 41.0 Å². The minimum Gasteiger partial charge on any atom is -0.330 e. The Hall–Kier alpha value is -1.82. The van der Waals surface area contributed by atoms with Gasteiger partial charge in [-0.1, -0.05) is 13.8 Å². The van der Waals surface area contributed by atoms with E-state index in [-0.39, 0.29) is 5.69 Å². The Morgan fingerprint density at radius 1 is 1.15 bits per heavy atom. The first-order valence-corrected chi connectivity index (χ1v) is 6.73. The van der Waals surface area contributed by atoms with Gasteiger partial charge in [0.15, 0.2) is 17.5 Å². The lowest BCUT2D eigenvalue weighted by Gasteiger charge is -2.09. The molecule has 0 atom stereocenters. The molecule has 0 saturated carbocycles. The summed E-state index contributed by atoms with van der Waals surface area (Å²) in [6.45, 7) is 4.12. The maximum Gasteiger partial charge on any atom is 0.152 e. The quantitative estimate of drug-likeness (QED) is 0.913. The molecule has 0 unspecified atom stereocenters. The van der Waals surface area contributed by atoms with E-state index in [1.54, 1.807) is 0 Å². The molecule has 1 heterocycles. The van der Waals surface area contributed by atoms with Gasteiger partial charge in [-0.3, -0.25) is 0 Å². The normalized spacial score (nSPS) is 11.1. The second-order valence-electron chi connectivity index (χ2n) is 4.51. The average molecular weight is 280 g/mol. The maximum absolute atomic E-state index is 14.2. The predicted molar refractivity (Wildman–Crippen MR) is 72.8 cm³/mol. The Morgan fingerprint density at radius 3 is 2.30 bits per heavy atom. The fourth-order valence-electron chi connectivity index (χ4n) is 2.08. The van der Waals surface area contributed by atoms with Gasteiger partial charge in [-0.25, -0.2) is 18.4 Å². The highest BCUT2D eigenvalue weighted by molar-refractivity contribution is 5.38. The summed E-state index contributed by atoms with van der Waals surface area (Å²) in [6.07, 6.45) is 1.61. The largest absolute Gasteiger partial charge is 0.330 e. The molecule has 0 bridgehead atoms. The van der Waals surface area contributed by atoms with Crippen LogP contribution >= 0.6 is 0 Å². The highest BCUT2D eigenvalue weighted by Crippen LogP contribution is 2.21. The average Bonchev–Trinajstić information content (AvgIpc) is 2.81. The molecule has 2 aromatic rings. The van der Waals surface area contributed by atoms with Crippen molar-refractivity contribution in [3.8, 4) is 5.69 Å². The van der Waals surface area contributed by atoms with Crippen molar-refractivity contribution in [2.45, 2.75) is 33.1 Å². The lowest BCUT2D eigenvalue weighted by atomic mass is 10.1. The van der Waals surface area contributed by atoms with Gasteiger partial charge in [-0.15, -0.1) is 0 Å². The van der Waals surface area contributed by atoms with E-state index >= 15 is 0 Å². The van der Waals surface area contributed by atoms with Crippen LogP contribution in [0.3, 0.4) is 0 Å². The molecule has 0 saturated heterocycles. The summed E-state index contributed by atoms with van der Waals surface area (Å²) in [5.74, 6) is -0.163. The zero-order valence-electron chi connectivity index (χ0n) is 11.7. The molecule has 1 aromatic heterocycles. The minimum absolute atomic E-state index is 0.171. The monoisotopic (exact) mass is 280 g/mol. The molecular formula is C14H18F2N4. The molecule has 1 aromatic carbocycles. The molecule has 0 aliphatic carbocycles. The van der Waals surface area contributed by atoms with Crippen LogP contribution in [0.1, 0.15) is 31.1 Å². The van der Waals surface area contributed by atoms with Gasteiger partial charge in [-0.05, 0) is 30.7 Å². The van der Waals surface area contributed by atoms with Crippen LogP contribution in [-0.2, 0) is 19.3 Å². The number of hydrogen-bond acceptors (Lipinski definition) is 3. The molecular weight excluding hydrogens is 262 g/mol. The lowest BCUT2D eigenvalue weighted by Crippen LogP contribution is -2.10. The topological polar surface area (TPSA) is 56.7 Å². The third kappa shape index (κ3) is 2.70. The minimum atomic E-state index is -0.643. The van der Waals surface area contributed by atoms with Gasteiger partial charge in [-0.2, -0.15) is 5.10 Å². The van der Waals surface area contributed by atoms with E-state index in [0.717, 1.165) is 0 Å². The summed E-state index contributed by atoms with van der Waals surface area (Å²) in [5.41, 5.74) is 5.77. The van der Waals surface area contributed by atoms with Crippen molar-refractivity contribution < 1.29 is 8.78 Å². The summed E-state index contributed by atoms with van der Waals surface area (Å²) in [7, 11) is 0. The van der Waals surface area contributed by atoms with Crippen molar-refractivity contribution in [3.63, 3.8) is 0 Å². The zero-order chi connectivity index (χ0) is 14.7. The van der Waals surface area contributed by atoms with Crippen molar-refractivity contribution in [1.82, 2.24) is 14.8 Å². The van der Waals surface area contributed by atoms with Crippen LogP contribution in [0.5, 0.6) is 0 Å². The van der Waals surface area contributed by atoms with Crippen molar-refractivity contribution >= 4 is 0 Å². The van der Waals surface area contributed by atoms with Crippen LogP contribution in [0.2, 0.25) is 0 Å². The summed E-state index contributed by atoms with van der Waals surface area (Å²) >= 11 is 0. The summed E-state index contributed by atoms with van der Waals surface area (Å²) in [5, 5.41) is 4.17. The summed E-state index contributed by atoms with van der Waals surface area (Å²) < 4.78 is 29.6. The molecule has 0 aliphatic heterocycles. The van der Waals surface area contributed by atoms with Crippen molar-refractivity contribution in [1.29, 1.82) is 0 Å². The van der Waals surface area contributed by atoms with Gasteiger partial charge in [0, 0.05) is 12.8 Å². The van der Waals surface area contributed by atoms with E-state index in [2.05, 4.69) is 10.1 Å². The van der Waals surface area contributed by atoms with Crippen LogP contribution in [0, 0.1) is 11.6 Å². The first-order valence-electron chi connectivity index (χ1n) is 6.73. The Labute approximate surface area is 116 Å². The van der Waals surface area contributed by atoms with E-state index in [1.165, 1.54) is 16.8 Å². The molecule has 0 fully saturated rings. The number of rotatable bonds is 5. The third-order valence-electron chi connectivity index (χ3n) is 3.07. The molecule has 0 spiro atoms.